The maximum atomic E-state index is 5.63. The second-order valence-electron chi connectivity index (χ2n) is 7.06. The largest absolute Gasteiger partial charge is 0.381 e. The third-order valence-electron chi connectivity index (χ3n) is 5.49. The van der Waals surface area contributed by atoms with Gasteiger partial charge in [0.1, 0.15) is 5.01 Å². The van der Waals surface area contributed by atoms with Crippen molar-refractivity contribution in [3.63, 3.8) is 0 Å². The average Bonchev–Trinajstić information content (AvgIpc) is 3.27. The van der Waals surface area contributed by atoms with Crippen molar-refractivity contribution in [2.45, 2.75) is 51.6 Å². The van der Waals surface area contributed by atoms with E-state index in [1.165, 1.54) is 30.8 Å². The number of hydrogen-bond donors (Lipinski definition) is 2. The van der Waals surface area contributed by atoms with Crippen LogP contribution in [0.25, 0.3) is 0 Å². The lowest BCUT2D eigenvalue weighted by atomic mass is 9.88. The van der Waals surface area contributed by atoms with Gasteiger partial charge >= 0.3 is 0 Å². The van der Waals surface area contributed by atoms with Gasteiger partial charge in [0.15, 0.2) is 5.96 Å². The number of nitrogens with one attached hydrogen (secondary N) is 2. The number of thiazole rings is 1. The highest BCUT2D eigenvalue weighted by Crippen LogP contribution is 2.30. The molecular formula is C18H31N5OS. The predicted molar refractivity (Wildman–Crippen MR) is 103 cm³/mol. The molecule has 25 heavy (non-hydrogen) atoms. The number of aromatic nitrogens is 1. The molecule has 7 heteroatoms. The van der Waals surface area contributed by atoms with Gasteiger partial charge in [0.05, 0.1) is 12.2 Å². The zero-order valence-corrected chi connectivity index (χ0v) is 16.5. The van der Waals surface area contributed by atoms with E-state index in [0.717, 1.165) is 55.8 Å². The topological polar surface area (TPSA) is 61.8 Å². The fourth-order valence-corrected chi connectivity index (χ4v) is 4.66. The first-order valence-corrected chi connectivity index (χ1v) is 10.1. The van der Waals surface area contributed by atoms with Crippen LogP contribution in [0.3, 0.4) is 0 Å². The Morgan fingerprint density at radius 3 is 2.56 bits per heavy atom. The molecule has 0 amide bonds. The van der Waals surface area contributed by atoms with Crippen LogP contribution < -0.4 is 10.6 Å². The van der Waals surface area contributed by atoms with E-state index < -0.39 is 0 Å². The zero-order chi connectivity index (χ0) is 17.7. The van der Waals surface area contributed by atoms with Gasteiger partial charge in [-0.1, -0.05) is 0 Å². The Morgan fingerprint density at radius 2 is 1.96 bits per heavy atom. The van der Waals surface area contributed by atoms with Gasteiger partial charge in [0, 0.05) is 37.2 Å². The highest BCUT2D eigenvalue weighted by molar-refractivity contribution is 7.11. The molecule has 2 N–H and O–H groups in total. The van der Waals surface area contributed by atoms with Crippen molar-refractivity contribution in [3.8, 4) is 0 Å². The van der Waals surface area contributed by atoms with E-state index >= 15 is 0 Å². The first-order valence-electron chi connectivity index (χ1n) is 9.33. The monoisotopic (exact) mass is 365 g/mol. The van der Waals surface area contributed by atoms with Crippen molar-refractivity contribution >= 4 is 17.3 Å². The van der Waals surface area contributed by atoms with E-state index in [-0.39, 0.29) is 5.54 Å². The number of aliphatic imine (C=N–C) groups is 1. The quantitative estimate of drug-likeness (QED) is 0.618. The van der Waals surface area contributed by atoms with Crippen molar-refractivity contribution in [2.75, 3.05) is 39.9 Å². The molecule has 0 aromatic carbocycles. The van der Waals surface area contributed by atoms with Crippen LogP contribution in [-0.4, -0.2) is 61.3 Å². The Kier molecular flexibility index (Phi) is 6.30. The fourth-order valence-electron chi connectivity index (χ4n) is 3.79. The summed E-state index contributed by atoms with van der Waals surface area (Å²) in [6, 6.07) is 0. The Hall–Kier alpha value is -1.18. The van der Waals surface area contributed by atoms with E-state index in [1.807, 2.05) is 7.05 Å². The smallest absolute Gasteiger partial charge is 0.191 e. The fraction of sp³-hybridized carbons (Fsp3) is 0.778. The van der Waals surface area contributed by atoms with Crippen molar-refractivity contribution in [2.24, 2.45) is 4.99 Å². The van der Waals surface area contributed by atoms with Crippen molar-refractivity contribution in [1.29, 1.82) is 0 Å². The maximum Gasteiger partial charge on any atom is 0.191 e. The Bertz CT molecular complexity index is 569. The summed E-state index contributed by atoms with van der Waals surface area (Å²) in [6.07, 6.45) is 4.83. The van der Waals surface area contributed by atoms with Crippen LogP contribution in [0.4, 0.5) is 0 Å². The molecule has 2 aliphatic heterocycles. The van der Waals surface area contributed by atoms with Crippen LogP contribution in [0.1, 0.15) is 41.3 Å². The first kappa shape index (κ1) is 18.6. The SMILES string of the molecule is CN=C(NCc1nc(C)c(C)s1)NCC1(N2CCCC2)CCOCC1. The predicted octanol–water partition coefficient (Wildman–Crippen LogP) is 2.07. The number of guanidine groups is 1. The second kappa shape index (κ2) is 8.47. The normalized spacial score (nSPS) is 21.5. The number of aryl methyl sites for hydroxylation is 2. The maximum absolute atomic E-state index is 5.63. The Labute approximate surface area is 155 Å². The third-order valence-corrected chi connectivity index (χ3v) is 6.56. The van der Waals surface area contributed by atoms with Gasteiger partial charge in [0.2, 0.25) is 0 Å². The van der Waals surface area contributed by atoms with Crippen LogP contribution in [0.2, 0.25) is 0 Å². The van der Waals surface area contributed by atoms with E-state index in [9.17, 15) is 0 Å². The van der Waals surface area contributed by atoms with E-state index in [2.05, 4.69) is 39.4 Å². The van der Waals surface area contributed by atoms with Crippen LogP contribution in [0.15, 0.2) is 4.99 Å². The summed E-state index contributed by atoms with van der Waals surface area (Å²) in [5, 5.41) is 8.09. The summed E-state index contributed by atoms with van der Waals surface area (Å²) >= 11 is 1.75. The number of likely N-dealkylation sites (tertiary alicyclic amines) is 1. The number of rotatable bonds is 5. The minimum atomic E-state index is 0.209. The van der Waals surface area contributed by atoms with Gasteiger partial charge in [-0.15, -0.1) is 11.3 Å². The molecule has 6 nitrogen and oxygen atoms in total. The molecule has 1 aromatic rings. The molecule has 140 valence electrons. The van der Waals surface area contributed by atoms with Crippen LogP contribution >= 0.6 is 11.3 Å². The van der Waals surface area contributed by atoms with E-state index in [0.29, 0.717) is 0 Å². The lowest BCUT2D eigenvalue weighted by molar-refractivity contribution is -0.0164. The molecule has 3 rings (SSSR count). The lowest BCUT2D eigenvalue weighted by Gasteiger charge is -2.45. The van der Waals surface area contributed by atoms with Crippen molar-refractivity contribution in [3.05, 3.63) is 15.6 Å². The van der Waals surface area contributed by atoms with Crippen molar-refractivity contribution < 1.29 is 4.74 Å². The molecule has 2 aliphatic rings. The van der Waals surface area contributed by atoms with Crippen molar-refractivity contribution in [1.82, 2.24) is 20.5 Å². The summed E-state index contributed by atoms with van der Waals surface area (Å²) in [5.74, 6) is 0.857. The second-order valence-corrected chi connectivity index (χ2v) is 8.35. The summed E-state index contributed by atoms with van der Waals surface area (Å²) in [5.41, 5.74) is 1.33. The third kappa shape index (κ3) is 4.51. The van der Waals surface area contributed by atoms with Gasteiger partial charge in [-0.05, 0) is 52.6 Å². The molecule has 3 heterocycles. The van der Waals surface area contributed by atoms with E-state index in [4.69, 9.17) is 4.74 Å². The minimum Gasteiger partial charge on any atom is -0.381 e. The molecule has 1 aromatic heterocycles. The lowest BCUT2D eigenvalue weighted by Crippen LogP contribution is -2.58. The molecule has 0 radical (unpaired) electrons. The Balaban J connectivity index is 1.56. The van der Waals surface area contributed by atoms with Crippen LogP contribution in [-0.2, 0) is 11.3 Å². The molecule has 2 saturated heterocycles. The molecule has 0 bridgehead atoms. The number of nitrogens with zero attached hydrogens (tertiary/aromatic N) is 3. The number of ether oxygens (including phenoxy) is 1. The molecule has 0 unspecified atom stereocenters. The van der Waals surface area contributed by atoms with Crippen LogP contribution in [0.5, 0.6) is 0 Å². The highest BCUT2D eigenvalue weighted by atomic mass is 32.1. The molecule has 0 spiro atoms. The molecule has 0 atom stereocenters. The van der Waals surface area contributed by atoms with Gasteiger partial charge in [0.25, 0.3) is 0 Å². The Morgan fingerprint density at radius 1 is 1.24 bits per heavy atom. The van der Waals surface area contributed by atoms with Gasteiger partial charge in [-0.25, -0.2) is 4.98 Å². The highest BCUT2D eigenvalue weighted by Gasteiger charge is 2.39. The summed E-state index contributed by atoms with van der Waals surface area (Å²) < 4.78 is 5.63. The van der Waals surface area contributed by atoms with Gasteiger partial charge in [-0.3, -0.25) is 9.89 Å². The van der Waals surface area contributed by atoms with E-state index in [1.54, 1.807) is 11.3 Å². The van der Waals surface area contributed by atoms with Gasteiger partial charge in [-0.2, -0.15) is 0 Å². The first-order chi connectivity index (χ1) is 12.1. The molecular weight excluding hydrogens is 334 g/mol. The molecule has 0 aliphatic carbocycles. The zero-order valence-electron chi connectivity index (χ0n) is 15.7. The average molecular weight is 366 g/mol. The molecule has 2 fully saturated rings. The molecule has 0 saturated carbocycles. The summed E-state index contributed by atoms with van der Waals surface area (Å²) in [4.78, 5) is 12.9. The van der Waals surface area contributed by atoms with Gasteiger partial charge < -0.3 is 15.4 Å². The summed E-state index contributed by atoms with van der Waals surface area (Å²) in [6.45, 7) is 9.98. The standard InChI is InChI=1S/C18H31N5OS/c1-14-15(2)25-16(22-14)12-20-17(19-3)21-13-18(6-10-24-11-7-18)23-8-4-5-9-23/h4-13H2,1-3H3,(H2,19,20,21). The minimum absolute atomic E-state index is 0.209. The van der Waals surface area contributed by atoms with Crippen LogP contribution in [0, 0.1) is 13.8 Å². The number of hydrogen-bond acceptors (Lipinski definition) is 5. The summed E-state index contributed by atoms with van der Waals surface area (Å²) in [7, 11) is 1.83.